The first-order valence-electron chi connectivity index (χ1n) is 6.64. The van der Waals surface area contributed by atoms with Crippen molar-refractivity contribution >= 4 is 0 Å². The van der Waals surface area contributed by atoms with Crippen LogP contribution in [0.1, 0.15) is 19.4 Å². The van der Waals surface area contributed by atoms with Gasteiger partial charge in [0.1, 0.15) is 11.5 Å². The summed E-state index contributed by atoms with van der Waals surface area (Å²) in [6.45, 7) is 4.68. The van der Waals surface area contributed by atoms with Crippen LogP contribution in [0.25, 0.3) is 0 Å². The van der Waals surface area contributed by atoms with Crippen molar-refractivity contribution in [1.29, 1.82) is 0 Å². The van der Waals surface area contributed by atoms with E-state index in [4.69, 9.17) is 11.2 Å². The lowest BCUT2D eigenvalue weighted by molar-refractivity contribution is 0.475. The summed E-state index contributed by atoms with van der Waals surface area (Å²) in [5.74, 6) is 4.39. The van der Waals surface area contributed by atoms with Gasteiger partial charge in [-0.3, -0.25) is 5.32 Å². The molecule has 0 fully saturated rings. The lowest BCUT2D eigenvalue weighted by Crippen LogP contribution is -2.36. The molecule has 0 saturated heterocycles. The van der Waals surface area contributed by atoms with Crippen molar-refractivity contribution in [3.8, 4) is 23.8 Å². The monoisotopic (exact) mass is 265 g/mol. The Morgan fingerprint density at radius 1 is 1.05 bits per heavy atom. The largest absolute Gasteiger partial charge is 0.457 e. The quantitative estimate of drug-likeness (QED) is 0.826. The topological polar surface area (TPSA) is 21.3 Å². The number of nitrogens with one attached hydrogen (secondary N) is 1. The van der Waals surface area contributed by atoms with E-state index in [2.05, 4.69) is 17.3 Å². The molecule has 2 aromatic rings. The summed E-state index contributed by atoms with van der Waals surface area (Å²) in [5, 5.41) is 3.32. The molecule has 0 saturated carbocycles. The van der Waals surface area contributed by atoms with Crippen molar-refractivity contribution in [2.24, 2.45) is 0 Å². The molecule has 0 aliphatic carbocycles. The Labute approximate surface area is 120 Å². The zero-order chi connectivity index (χ0) is 14.4. The van der Waals surface area contributed by atoms with Crippen molar-refractivity contribution in [2.75, 3.05) is 0 Å². The molecule has 0 radical (unpaired) electrons. The number of ether oxygens (including phenoxy) is 1. The molecule has 0 unspecified atom stereocenters. The van der Waals surface area contributed by atoms with E-state index in [1.54, 1.807) is 0 Å². The van der Waals surface area contributed by atoms with Crippen LogP contribution in [0.5, 0.6) is 11.5 Å². The predicted molar refractivity (Wildman–Crippen MR) is 82.7 cm³/mol. The maximum atomic E-state index is 5.81. The van der Waals surface area contributed by atoms with Gasteiger partial charge in [-0.1, -0.05) is 36.3 Å². The first-order valence-corrected chi connectivity index (χ1v) is 6.64. The minimum Gasteiger partial charge on any atom is -0.457 e. The van der Waals surface area contributed by atoms with Crippen molar-refractivity contribution in [2.45, 2.75) is 25.9 Å². The van der Waals surface area contributed by atoms with E-state index < -0.39 is 0 Å². The van der Waals surface area contributed by atoms with Gasteiger partial charge in [0.05, 0.1) is 5.54 Å². The molecule has 2 nitrogen and oxygen atoms in total. The third kappa shape index (κ3) is 4.15. The van der Waals surface area contributed by atoms with Gasteiger partial charge in [0.15, 0.2) is 0 Å². The van der Waals surface area contributed by atoms with E-state index in [9.17, 15) is 0 Å². The number of benzene rings is 2. The molecule has 2 heteroatoms. The van der Waals surface area contributed by atoms with E-state index in [-0.39, 0.29) is 5.54 Å². The van der Waals surface area contributed by atoms with Crippen molar-refractivity contribution in [1.82, 2.24) is 5.32 Å². The fourth-order valence-corrected chi connectivity index (χ4v) is 1.72. The van der Waals surface area contributed by atoms with Crippen LogP contribution in [0.3, 0.4) is 0 Å². The normalized spacial score (nSPS) is 10.8. The average Bonchev–Trinajstić information content (AvgIpc) is 2.47. The SMILES string of the molecule is C#CC(C)(C)NCc1cccc(Oc2ccccc2)c1. The zero-order valence-corrected chi connectivity index (χ0v) is 11.9. The fraction of sp³-hybridized carbons (Fsp3) is 0.222. The second-order valence-electron chi connectivity index (χ2n) is 5.19. The Kier molecular flexibility index (Phi) is 4.45. The second-order valence-corrected chi connectivity index (χ2v) is 5.19. The maximum absolute atomic E-state index is 5.81. The lowest BCUT2D eigenvalue weighted by Gasteiger charge is -2.19. The summed E-state index contributed by atoms with van der Waals surface area (Å²) in [7, 11) is 0. The lowest BCUT2D eigenvalue weighted by atomic mass is 10.1. The number of rotatable bonds is 5. The third-order valence-corrected chi connectivity index (χ3v) is 2.97. The van der Waals surface area contributed by atoms with Gasteiger partial charge in [-0.05, 0) is 43.7 Å². The van der Waals surface area contributed by atoms with Gasteiger partial charge in [0.25, 0.3) is 0 Å². The molecule has 102 valence electrons. The zero-order valence-electron chi connectivity index (χ0n) is 11.9. The fourth-order valence-electron chi connectivity index (χ4n) is 1.72. The van der Waals surface area contributed by atoms with Gasteiger partial charge in [0.2, 0.25) is 0 Å². The molecule has 0 aliphatic rings. The van der Waals surface area contributed by atoms with E-state index >= 15 is 0 Å². The summed E-state index contributed by atoms with van der Waals surface area (Å²) < 4.78 is 5.81. The van der Waals surface area contributed by atoms with Crippen LogP contribution in [0.2, 0.25) is 0 Å². The van der Waals surface area contributed by atoms with Crippen LogP contribution in [-0.4, -0.2) is 5.54 Å². The Bertz CT molecular complexity index is 596. The molecular weight excluding hydrogens is 246 g/mol. The molecule has 20 heavy (non-hydrogen) atoms. The Balaban J connectivity index is 2.03. The van der Waals surface area contributed by atoms with E-state index in [1.165, 1.54) is 0 Å². The summed E-state index contributed by atoms with van der Waals surface area (Å²) in [6, 6.07) is 17.8. The van der Waals surface area contributed by atoms with Crippen molar-refractivity contribution < 1.29 is 4.74 Å². The van der Waals surface area contributed by atoms with Gasteiger partial charge in [-0.2, -0.15) is 0 Å². The van der Waals surface area contributed by atoms with Gasteiger partial charge in [-0.15, -0.1) is 6.42 Å². The number of hydrogen-bond acceptors (Lipinski definition) is 2. The average molecular weight is 265 g/mol. The molecule has 1 N–H and O–H groups in total. The molecule has 0 spiro atoms. The highest BCUT2D eigenvalue weighted by Crippen LogP contribution is 2.21. The van der Waals surface area contributed by atoms with Crippen molar-refractivity contribution in [3.05, 3.63) is 60.2 Å². The minimum absolute atomic E-state index is 0.309. The van der Waals surface area contributed by atoms with Gasteiger partial charge >= 0.3 is 0 Å². The van der Waals surface area contributed by atoms with Crippen LogP contribution in [-0.2, 0) is 6.54 Å². The molecule has 0 amide bonds. The summed E-state index contributed by atoms with van der Waals surface area (Å²) in [4.78, 5) is 0. The van der Waals surface area contributed by atoms with Gasteiger partial charge in [-0.25, -0.2) is 0 Å². The van der Waals surface area contributed by atoms with Crippen LogP contribution in [0, 0.1) is 12.3 Å². The molecule has 0 heterocycles. The van der Waals surface area contributed by atoms with Crippen LogP contribution >= 0.6 is 0 Å². The standard InChI is InChI=1S/C18H19NO/c1-4-18(2,3)19-14-15-9-8-12-17(13-15)20-16-10-6-5-7-11-16/h1,5-13,19H,14H2,2-3H3. The summed E-state index contributed by atoms with van der Waals surface area (Å²) in [5.41, 5.74) is 0.831. The van der Waals surface area contributed by atoms with Crippen molar-refractivity contribution in [3.63, 3.8) is 0 Å². The molecule has 0 aromatic heterocycles. The molecule has 0 bridgehead atoms. The summed E-state index contributed by atoms with van der Waals surface area (Å²) >= 11 is 0. The maximum Gasteiger partial charge on any atom is 0.127 e. The van der Waals surface area contributed by atoms with Crippen LogP contribution < -0.4 is 10.1 Å². The van der Waals surface area contributed by atoms with E-state index in [1.807, 2.05) is 62.4 Å². The smallest absolute Gasteiger partial charge is 0.127 e. The Morgan fingerprint density at radius 3 is 2.45 bits per heavy atom. The van der Waals surface area contributed by atoms with Gasteiger partial charge in [0, 0.05) is 6.54 Å². The number of terminal acetylenes is 1. The minimum atomic E-state index is -0.309. The van der Waals surface area contributed by atoms with E-state index in [0.717, 1.165) is 17.1 Å². The predicted octanol–water partition coefficient (Wildman–Crippen LogP) is 3.98. The van der Waals surface area contributed by atoms with Crippen LogP contribution in [0.4, 0.5) is 0 Å². The van der Waals surface area contributed by atoms with E-state index in [0.29, 0.717) is 6.54 Å². The molecular formula is C18H19NO. The molecule has 0 aliphatic heterocycles. The first-order chi connectivity index (χ1) is 9.59. The highest BCUT2D eigenvalue weighted by atomic mass is 16.5. The van der Waals surface area contributed by atoms with Gasteiger partial charge < -0.3 is 4.74 Å². The number of hydrogen-bond donors (Lipinski definition) is 1. The summed E-state index contributed by atoms with van der Waals surface area (Å²) in [6.07, 6.45) is 5.47. The second kappa shape index (κ2) is 6.27. The highest BCUT2D eigenvalue weighted by molar-refractivity contribution is 5.34. The molecule has 2 rings (SSSR count). The highest BCUT2D eigenvalue weighted by Gasteiger charge is 2.12. The number of para-hydroxylation sites is 1. The Morgan fingerprint density at radius 2 is 1.75 bits per heavy atom. The molecule has 0 atom stereocenters. The first kappa shape index (κ1) is 14.2. The van der Waals surface area contributed by atoms with Crippen LogP contribution in [0.15, 0.2) is 54.6 Å². The Hall–Kier alpha value is -2.24. The molecule has 2 aromatic carbocycles. The third-order valence-electron chi connectivity index (χ3n) is 2.97.